The van der Waals surface area contributed by atoms with Crippen molar-refractivity contribution in [2.75, 3.05) is 6.54 Å². The van der Waals surface area contributed by atoms with Crippen molar-refractivity contribution in [1.82, 2.24) is 5.32 Å². The number of unbranched alkanes of at least 4 members (excludes halogenated alkanes) is 4. The number of hydrogen-bond donors (Lipinski definition) is 2. The fourth-order valence-corrected chi connectivity index (χ4v) is 3.56. The topological polar surface area (TPSA) is 49.3 Å². The van der Waals surface area contributed by atoms with E-state index in [1.54, 1.807) is 0 Å². The second-order valence-electron chi connectivity index (χ2n) is 9.54. The zero-order chi connectivity index (χ0) is 21.2. The molecule has 3 nitrogen and oxygen atoms in total. The molecule has 0 spiro atoms. The summed E-state index contributed by atoms with van der Waals surface area (Å²) in [4.78, 5) is 12.4. The standard InChI is InChI=1S/C25H43NO2/c1-7-8-17-26-24(28)22(19(2)3)14-12-10-9-11-13-20-15-16-21(18-23(20)27)25(4,5)6/h15-16,18-19,22,27H,7-14,17H2,1-6H3,(H,26,28)/t22-/m0/s1. The van der Waals surface area contributed by atoms with Gasteiger partial charge in [0, 0.05) is 12.5 Å². The van der Waals surface area contributed by atoms with E-state index in [1.165, 1.54) is 5.56 Å². The molecule has 1 aromatic rings. The number of phenols is 1. The van der Waals surface area contributed by atoms with E-state index in [2.05, 4.69) is 59.0 Å². The molecular weight excluding hydrogens is 346 g/mol. The lowest BCUT2D eigenvalue weighted by molar-refractivity contribution is -0.126. The van der Waals surface area contributed by atoms with Gasteiger partial charge in [-0.1, -0.05) is 79.4 Å². The molecule has 0 radical (unpaired) electrons. The Morgan fingerprint density at radius 1 is 1.07 bits per heavy atom. The minimum absolute atomic E-state index is 0.0613. The van der Waals surface area contributed by atoms with Crippen molar-refractivity contribution in [2.45, 2.75) is 98.3 Å². The Morgan fingerprint density at radius 2 is 1.75 bits per heavy atom. The summed E-state index contributed by atoms with van der Waals surface area (Å²) < 4.78 is 0. The fourth-order valence-electron chi connectivity index (χ4n) is 3.56. The van der Waals surface area contributed by atoms with Gasteiger partial charge in [0.25, 0.3) is 0 Å². The van der Waals surface area contributed by atoms with Crippen LogP contribution in [0.2, 0.25) is 0 Å². The maximum Gasteiger partial charge on any atom is 0.223 e. The van der Waals surface area contributed by atoms with Crippen molar-refractivity contribution >= 4 is 5.91 Å². The number of carbonyl (C=O) groups excluding carboxylic acids is 1. The molecule has 160 valence electrons. The number of amides is 1. The molecule has 0 saturated carbocycles. The Kier molecular flexibility index (Phi) is 10.6. The third kappa shape index (κ3) is 8.67. The van der Waals surface area contributed by atoms with E-state index in [-0.39, 0.29) is 17.2 Å². The molecule has 0 fully saturated rings. The van der Waals surface area contributed by atoms with Gasteiger partial charge in [0.15, 0.2) is 0 Å². The molecule has 0 aromatic heterocycles. The van der Waals surface area contributed by atoms with E-state index in [9.17, 15) is 9.90 Å². The van der Waals surface area contributed by atoms with Gasteiger partial charge in [-0.15, -0.1) is 0 Å². The number of nitrogens with one attached hydrogen (secondary N) is 1. The summed E-state index contributed by atoms with van der Waals surface area (Å²) in [7, 11) is 0. The zero-order valence-electron chi connectivity index (χ0n) is 19.1. The van der Waals surface area contributed by atoms with E-state index < -0.39 is 0 Å². The van der Waals surface area contributed by atoms with Gasteiger partial charge in [-0.05, 0) is 54.2 Å². The maximum absolute atomic E-state index is 12.4. The minimum Gasteiger partial charge on any atom is -0.508 e. The molecule has 2 N–H and O–H groups in total. The predicted octanol–water partition coefficient (Wildman–Crippen LogP) is 6.37. The van der Waals surface area contributed by atoms with Crippen molar-refractivity contribution in [3.8, 4) is 5.75 Å². The lowest BCUT2D eigenvalue weighted by Crippen LogP contribution is -2.34. The minimum atomic E-state index is 0.0613. The summed E-state index contributed by atoms with van der Waals surface area (Å²) in [6, 6.07) is 6.13. The molecule has 0 heterocycles. The molecule has 0 bridgehead atoms. The van der Waals surface area contributed by atoms with Crippen LogP contribution in [0.3, 0.4) is 0 Å². The van der Waals surface area contributed by atoms with Crippen molar-refractivity contribution in [2.24, 2.45) is 11.8 Å². The summed E-state index contributed by atoms with van der Waals surface area (Å²) in [6.07, 6.45) is 8.52. The van der Waals surface area contributed by atoms with Gasteiger partial charge in [-0.3, -0.25) is 4.79 Å². The fraction of sp³-hybridized carbons (Fsp3) is 0.720. The first-order chi connectivity index (χ1) is 13.2. The monoisotopic (exact) mass is 389 g/mol. The Labute approximate surface area is 173 Å². The summed E-state index contributed by atoms with van der Waals surface area (Å²) in [5.41, 5.74) is 2.28. The lowest BCUT2D eigenvalue weighted by Gasteiger charge is -2.20. The van der Waals surface area contributed by atoms with E-state index in [1.807, 2.05) is 6.07 Å². The molecule has 28 heavy (non-hydrogen) atoms. The van der Waals surface area contributed by atoms with Crippen LogP contribution in [0.15, 0.2) is 18.2 Å². The lowest BCUT2D eigenvalue weighted by atomic mass is 9.86. The highest BCUT2D eigenvalue weighted by atomic mass is 16.3. The van der Waals surface area contributed by atoms with Crippen LogP contribution in [0, 0.1) is 11.8 Å². The first-order valence-electron chi connectivity index (χ1n) is 11.3. The average Bonchev–Trinajstić information content (AvgIpc) is 2.61. The van der Waals surface area contributed by atoms with Gasteiger partial charge < -0.3 is 10.4 Å². The summed E-state index contributed by atoms with van der Waals surface area (Å²) in [5.74, 6) is 1.18. The first kappa shape index (κ1) is 24.5. The van der Waals surface area contributed by atoms with Gasteiger partial charge in [-0.2, -0.15) is 0 Å². The quantitative estimate of drug-likeness (QED) is 0.408. The number of benzene rings is 1. The maximum atomic E-state index is 12.4. The van der Waals surface area contributed by atoms with E-state index in [0.29, 0.717) is 11.7 Å². The third-order valence-corrected chi connectivity index (χ3v) is 5.63. The largest absolute Gasteiger partial charge is 0.508 e. The van der Waals surface area contributed by atoms with Gasteiger partial charge in [0.1, 0.15) is 5.75 Å². The molecule has 0 saturated heterocycles. The highest BCUT2D eigenvalue weighted by molar-refractivity contribution is 5.78. The number of rotatable bonds is 12. The smallest absolute Gasteiger partial charge is 0.223 e. The third-order valence-electron chi connectivity index (χ3n) is 5.63. The van der Waals surface area contributed by atoms with Crippen molar-refractivity contribution in [3.05, 3.63) is 29.3 Å². The number of aryl methyl sites for hydroxylation is 1. The van der Waals surface area contributed by atoms with Crippen molar-refractivity contribution < 1.29 is 9.90 Å². The highest BCUT2D eigenvalue weighted by Crippen LogP contribution is 2.29. The van der Waals surface area contributed by atoms with E-state index >= 15 is 0 Å². The van der Waals surface area contributed by atoms with Gasteiger partial charge in [0.05, 0.1) is 0 Å². The molecule has 1 amide bonds. The van der Waals surface area contributed by atoms with Crippen LogP contribution in [-0.2, 0) is 16.6 Å². The van der Waals surface area contributed by atoms with Crippen LogP contribution in [0.1, 0.15) is 97.6 Å². The molecule has 3 heteroatoms. The summed E-state index contributed by atoms with van der Waals surface area (Å²) in [5, 5.41) is 13.4. The van der Waals surface area contributed by atoms with Crippen LogP contribution in [0.5, 0.6) is 5.75 Å². The molecule has 0 aliphatic carbocycles. The van der Waals surface area contributed by atoms with Crippen LogP contribution >= 0.6 is 0 Å². The van der Waals surface area contributed by atoms with Crippen LogP contribution in [0.25, 0.3) is 0 Å². The highest BCUT2D eigenvalue weighted by Gasteiger charge is 2.21. The normalized spacial score (nSPS) is 13.0. The number of hydrogen-bond acceptors (Lipinski definition) is 2. The van der Waals surface area contributed by atoms with Crippen LogP contribution in [0.4, 0.5) is 0 Å². The van der Waals surface area contributed by atoms with E-state index in [4.69, 9.17) is 0 Å². The molecule has 0 aliphatic rings. The molecule has 0 aliphatic heterocycles. The Bertz CT molecular complexity index is 587. The predicted molar refractivity (Wildman–Crippen MR) is 120 cm³/mol. The average molecular weight is 390 g/mol. The van der Waals surface area contributed by atoms with Crippen LogP contribution in [-0.4, -0.2) is 17.6 Å². The van der Waals surface area contributed by atoms with Crippen molar-refractivity contribution in [3.63, 3.8) is 0 Å². The second-order valence-corrected chi connectivity index (χ2v) is 9.54. The SMILES string of the molecule is CCCCNC(=O)[C@@H](CCCCCCc1ccc(C(C)(C)C)cc1O)C(C)C. The van der Waals surface area contributed by atoms with Gasteiger partial charge in [0.2, 0.25) is 5.91 Å². The second kappa shape index (κ2) is 12.1. The first-order valence-corrected chi connectivity index (χ1v) is 11.3. The Morgan fingerprint density at radius 3 is 2.32 bits per heavy atom. The summed E-state index contributed by atoms with van der Waals surface area (Å²) in [6.45, 7) is 13.7. The number of phenolic OH excluding ortho intramolecular Hbond substituents is 1. The van der Waals surface area contributed by atoms with Gasteiger partial charge >= 0.3 is 0 Å². The zero-order valence-corrected chi connectivity index (χ0v) is 19.1. The molecule has 1 atom stereocenters. The molecule has 0 unspecified atom stereocenters. The van der Waals surface area contributed by atoms with E-state index in [0.717, 1.165) is 63.5 Å². The van der Waals surface area contributed by atoms with Crippen LogP contribution < -0.4 is 5.32 Å². The molecule has 1 aromatic carbocycles. The Balaban J connectivity index is 2.33. The summed E-state index contributed by atoms with van der Waals surface area (Å²) >= 11 is 0. The number of aromatic hydroxyl groups is 1. The molecule has 1 rings (SSSR count). The van der Waals surface area contributed by atoms with Gasteiger partial charge in [-0.25, -0.2) is 0 Å². The van der Waals surface area contributed by atoms with Crippen molar-refractivity contribution in [1.29, 1.82) is 0 Å². The molecular formula is C25H43NO2. The number of carbonyl (C=O) groups is 1. The Hall–Kier alpha value is -1.51.